The van der Waals surface area contributed by atoms with Crippen LogP contribution in [0.2, 0.25) is 0 Å². The second kappa shape index (κ2) is 8.68. The average Bonchev–Trinajstić information content (AvgIpc) is 3.08. The van der Waals surface area contributed by atoms with Crippen molar-refractivity contribution in [3.63, 3.8) is 0 Å². The monoisotopic (exact) mass is 423 g/mol. The quantitative estimate of drug-likeness (QED) is 0.315. The number of aliphatic hydroxyl groups is 2. The first kappa shape index (κ1) is 19.2. The summed E-state index contributed by atoms with van der Waals surface area (Å²) in [5.74, 6) is 0.582. The zero-order chi connectivity index (χ0) is 15.3. The fourth-order valence-electron chi connectivity index (χ4n) is 2.60. The fourth-order valence-corrected chi connectivity index (χ4v) is 2.60. The van der Waals surface area contributed by atoms with Crippen molar-refractivity contribution in [1.82, 2.24) is 20.4 Å². The van der Waals surface area contributed by atoms with Crippen molar-refractivity contribution in [2.45, 2.75) is 37.4 Å². The number of hydrogen-bond donors (Lipinski definition) is 4. The smallest absolute Gasteiger partial charge is 0.191 e. The Labute approximate surface area is 148 Å². The van der Waals surface area contributed by atoms with Crippen LogP contribution in [0.5, 0.6) is 0 Å². The number of rotatable bonds is 5. The van der Waals surface area contributed by atoms with Gasteiger partial charge in [-0.05, 0) is 12.8 Å². The highest BCUT2D eigenvalue weighted by molar-refractivity contribution is 14.0. The Morgan fingerprint density at radius 3 is 2.68 bits per heavy atom. The normalized spacial score (nSPS) is 18.6. The Morgan fingerprint density at radius 2 is 2.14 bits per heavy atom. The predicted molar refractivity (Wildman–Crippen MR) is 96.4 cm³/mol. The minimum absolute atomic E-state index is 0. The van der Waals surface area contributed by atoms with Crippen LogP contribution in [0.1, 0.15) is 37.4 Å². The van der Waals surface area contributed by atoms with Crippen LogP contribution in [0.3, 0.4) is 0 Å². The van der Waals surface area contributed by atoms with Gasteiger partial charge in [0.1, 0.15) is 0 Å². The third-order valence-corrected chi connectivity index (χ3v) is 3.92. The molecule has 8 heteroatoms. The van der Waals surface area contributed by atoms with Crippen LogP contribution in [-0.2, 0) is 7.05 Å². The fraction of sp³-hybridized carbons (Fsp3) is 0.714. The number of aliphatic imine (C=N–C) groups is 1. The highest BCUT2D eigenvalue weighted by Gasteiger charge is 2.30. The maximum absolute atomic E-state index is 10.3. The summed E-state index contributed by atoms with van der Waals surface area (Å²) in [6.07, 6.45) is 6.58. The molecule has 0 aromatic carbocycles. The van der Waals surface area contributed by atoms with Crippen molar-refractivity contribution in [3.05, 3.63) is 18.0 Å². The number of aryl methyl sites for hydroxylation is 1. The number of guanidine groups is 1. The molecule has 0 aliphatic heterocycles. The zero-order valence-corrected chi connectivity index (χ0v) is 15.4. The molecule has 2 rings (SSSR count). The maximum Gasteiger partial charge on any atom is 0.191 e. The van der Waals surface area contributed by atoms with E-state index < -0.39 is 11.7 Å². The molecule has 1 aliphatic carbocycles. The molecule has 1 aromatic rings. The van der Waals surface area contributed by atoms with Gasteiger partial charge in [0.2, 0.25) is 0 Å². The van der Waals surface area contributed by atoms with Crippen LogP contribution >= 0.6 is 24.0 Å². The summed E-state index contributed by atoms with van der Waals surface area (Å²) >= 11 is 0. The predicted octanol–water partition coefficient (Wildman–Crippen LogP) is 0.542. The highest BCUT2D eigenvalue weighted by Crippen LogP contribution is 2.28. The second-order valence-corrected chi connectivity index (χ2v) is 5.70. The third-order valence-electron chi connectivity index (χ3n) is 3.92. The van der Waals surface area contributed by atoms with Crippen LogP contribution in [0.25, 0.3) is 0 Å². The average molecular weight is 423 g/mol. The van der Waals surface area contributed by atoms with E-state index in [-0.39, 0.29) is 24.0 Å². The van der Waals surface area contributed by atoms with Gasteiger partial charge in [0.25, 0.3) is 0 Å². The SMILES string of the molecule is CN=C(NCC(O)c1cnn(C)c1)NCC1(O)CCCC1.I. The molecule has 1 atom stereocenters. The molecule has 22 heavy (non-hydrogen) atoms. The van der Waals surface area contributed by atoms with Crippen molar-refractivity contribution in [2.24, 2.45) is 12.0 Å². The molecular weight excluding hydrogens is 397 g/mol. The van der Waals surface area contributed by atoms with Gasteiger partial charge < -0.3 is 20.8 Å². The van der Waals surface area contributed by atoms with Gasteiger partial charge in [-0.2, -0.15) is 5.10 Å². The van der Waals surface area contributed by atoms with E-state index in [1.165, 1.54) is 0 Å². The van der Waals surface area contributed by atoms with E-state index in [2.05, 4.69) is 20.7 Å². The number of halogens is 1. The van der Waals surface area contributed by atoms with Crippen LogP contribution in [-0.4, -0.2) is 51.7 Å². The maximum atomic E-state index is 10.3. The molecule has 0 bridgehead atoms. The van der Waals surface area contributed by atoms with Gasteiger partial charge in [0.15, 0.2) is 5.96 Å². The second-order valence-electron chi connectivity index (χ2n) is 5.70. The van der Waals surface area contributed by atoms with E-state index in [0.717, 1.165) is 31.2 Å². The Hall–Kier alpha value is -0.870. The molecule has 1 fully saturated rings. The number of aliphatic hydroxyl groups excluding tert-OH is 1. The number of nitrogens with one attached hydrogen (secondary N) is 2. The van der Waals surface area contributed by atoms with Crippen molar-refractivity contribution >= 4 is 29.9 Å². The standard InChI is InChI=1S/C14H25N5O2.HI/c1-15-13(17-10-14(21)5-3-4-6-14)16-8-12(20)11-7-18-19(2)9-11;/h7,9,12,20-21H,3-6,8,10H2,1-2H3,(H2,15,16,17);1H. The molecule has 0 radical (unpaired) electrons. The third kappa shape index (κ3) is 5.40. The van der Waals surface area contributed by atoms with Crippen LogP contribution in [0.15, 0.2) is 17.4 Å². The topological polar surface area (TPSA) is 94.7 Å². The molecule has 0 spiro atoms. The van der Waals surface area contributed by atoms with E-state index in [9.17, 15) is 10.2 Å². The lowest BCUT2D eigenvalue weighted by molar-refractivity contribution is 0.0521. The first-order valence-corrected chi connectivity index (χ1v) is 7.36. The Bertz CT molecular complexity index is 485. The Morgan fingerprint density at radius 1 is 1.45 bits per heavy atom. The molecule has 1 heterocycles. The summed E-state index contributed by atoms with van der Waals surface area (Å²) in [4.78, 5) is 4.10. The molecule has 1 unspecified atom stereocenters. The Kier molecular flexibility index (Phi) is 7.57. The molecule has 0 amide bonds. The summed E-state index contributed by atoms with van der Waals surface area (Å²) in [5, 5.41) is 30.6. The van der Waals surface area contributed by atoms with Crippen molar-refractivity contribution in [3.8, 4) is 0 Å². The lowest BCUT2D eigenvalue weighted by Crippen LogP contribution is -2.46. The van der Waals surface area contributed by atoms with Crippen molar-refractivity contribution < 1.29 is 10.2 Å². The van der Waals surface area contributed by atoms with E-state index in [1.807, 2.05) is 7.05 Å². The molecule has 1 aromatic heterocycles. The van der Waals surface area contributed by atoms with E-state index in [0.29, 0.717) is 19.0 Å². The summed E-state index contributed by atoms with van der Waals surface area (Å²) < 4.78 is 1.65. The van der Waals surface area contributed by atoms with Gasteiger partial charge in [-0.25, -0.2) is 0 Å². The minimum Gasteiger partial charge on any atom is -0.388 e. The van der Waals surface area contributed by atoms with E-state index >= 15 is 0 Å². The largest absolute Gasteiger partial charge is 0.388 e. The number of aromatic nitrogens is 2. The summed E-state index contributed by atoms with van der Waals surface area (Å²) in [6, 6.07) is 0. The molecule has 0 saturated heterocycles. The molecule has 7 nitrogen and oxygen atoms in total. The zero-order valence-electron chi connectivity index (χ0n) is 13.1. The van der Waals surface area contributed by atoms with Gasteiger partial charge in [-0.3, -0.25) is 9.67 Å². The van der Waals surface area contributed by atoms with Gasteiger partial charge in [-0.15, -0.1) is 24.0 Å². The van der Waals surface area contributed by atoms with Crippen LogP contribution in [0.4, 0.5) is 0 Å². The minimum atomic E-state index is -0.646. The van der Waals surface area contributed by atoms with Crippen LogP contribution in [0, 0.1) is 0 Å². The molecule has 1 aliphatic rings. The summed E-state index contributed by atoms with van der Waals surface area (Å²) in [5.41, 5.74) is 0.134. The Balaban J connectivity index is 0.00000242. The summed E-state index contributed by atoms with van der Waals surface area (Å²) in [7, 11) is 3.48. The van der Waals surface area contributed by atoms with E-state index in [1.54, 1.807) is 24.1 Å². The van der Waals surface area contributed by atoms with Gasteiger partial charge >= 0.3 is 0 Å². The first-order chi connectivity index (χ1) is 10.0. The van der Waals surface area contributed by atoms with Gasteiger partial charge in [-0.1, -0.05) is 12.8 Å². The number of nitrogens with zero attached hydrogens (tertiary/aromatic N) is 3. The molecule has 126 valence electrons. The van der Waals surface area contributed by atoms with Gasteiger partial charge in [0, 0.05) is 38.9 Å². The summed E-state index contributed by atoms with van der Waals surface area (Å²) in [6.45, 7) is 0.819. The highest BCUT2D eigenvalue weighted by atomic mass is 127. The molecule has 4 N–H and O–H groups in total. The van der Waals surface area contributed by atoms with Crippen LogP contribution < -0.4 is 10.6 Å². The van der Waals surface area contributed by atoms with E-state index in [4.69, 9.17) is 0 Å². The molecular formula is C14H26IN5O2. The van der Waals surface area contributed by atoms with Crippen molar-refractivity contribution in [2.75, 3.05) is 20.1 Å². The lowest BCUT2D eigenvalue weighted by atomic mass is 10.0. The van der Waals surface area contributed by atoms with Gasteiger partial charge in [0.05, 0.1) is 17.9 Å². The first-order valence-electron chi connectivity index (χ1n) is 7.36. The molecule has 1 saturated carbocycles. The number of hydrogen-bond acceptors (Lipinski definition) is 4. The lowest BCUT2D eigenvalue weighted by Gasteiger charge is -2.24. The van der Waals surface area contributed by atoms with Crippen molar-refractivity contribution in [1.29, 1.82) is 0 Å².